The van der Waals surface area contributed by atoms with Gasteiger partial charge in [-0.2, -0.15) is 0 Å². The Morgan fingerprint density at radius 1 is 1.33 bits per heavy atom. The maximum absolute atomic E-state index is 5.75. The van der Waals surface area contributed by atoms with Crippen LogP contribution in [-0.4, -0.2) is 11.5 Å². The molecule has 0 saturated carbocycles. The van der Waals surface area contributed by atoms with Crippen molar-refractivity contribution in [3.05, 3.63) is 29.3 Å². The van der Waals surface area contributed by atoms with E-state index >= 15 is 0 Å². The second kappa shape index (κ2) is 7.37. The average molecular weight is 264 g/mol. The molecule has 0 aliphatic heterocycles. The zero-order valence-electron chi connectivity index (χ0n) is 11.6. The van der Waals surface area contributed by atoms with Gasteiger partial charge in [0.25, 0.3) is 0 Å². The minimum Gasteiger partial charge on any atom is -0.389 e. The number of hydrogen-bond acceptors (Lipinski definition) is 2. The SMILES string of the molecule is Cc1ccc(NCCCCC(C)C)c(C(N)=S)c1. The Kier molecular flexibility index (Phi) is 6.13. The highest BCUT2D eigenvalue weighted by molar-refractivity contribution is 7.80. The largest absolute Gasteiger partial charge is 0.389 e. The van der Waals surface area contributed by atoms with Crippen LogP contribution in [0.3, 0.4) is 0 Å². The van der Waals surface area contributed by atoms with E-state index in [1.54, 1.807) is 0 Å². The fourth-order valence-electron chi connectivity index (χ4n) is 1.92. The van der Waals surface area contributed by atoms with Crippen LogP contribution in [0.25, 0.3) is 0 Å². The predicted molar refractivity (Wildman–Crippen MR) is 84.2 cm³/mol. The molecule has 0 aliphatic rings. The third kappa shape index (κ3) is 5.05. The lowest BCUT2D eigenvalue weighted by Crippen LogP contribution is -2.14. The average Bonchev–Trinajstić information content (AvgIpc) is 2.29. The molecule has 18 heavy (non-hydrogen) atoms. The molecular weight excluding hydrogens is 240 g/mol. The van der Waals surface area contributed by atoms with Crippen molar-refractivity contribution in [2.45, 2.75) is 40.0 Å². The molecule has 0 aromatic heterocycles. The fourth-order valence-corrected chi connectivity index (χ4v) is 2.09. The lowest BCUT2D eigenvalue weighted by molar-refractivity contribution is 0.545. The van der Waals surface area contributed by atoms with Crippen molar-refractivity contribution < 1.29 is 0 Å². The molecule has 100 valence electrons. The van der Waals surface area contributed by atoms with Crippen molar-refractivity contribution in [1.82, 2.24) is 0 Å². The Morgan fingerprint density at radius 2 is 2.06 bits per heavy atom. The van der Waals surface area contributed by atoms with Crippen LogP contribution >= 0.6 is 12.2 Å². The van der Waals surface area contributed by atoms with Gasteiger partial charge in [0.2, 0.25) is 0 Å². The minimum absolute atomic E-state index is 0.461. The summed E-state index contributed by atoms with van der Waals surface area (Å²) in [6, 6.07) is 6.18. The maximum Gasteiger partial charge on any atom is 0.106 e. The summed E-state index contributed by atoms with van der Waals surface area (Å²) in [5.74, 6) is 0.788. The van der Waals surface area contributed by atoms with E-state index in [1.807, 2.05) is 13.0 Å². The molecule has 0 spiro atoms. The molecule has 3 N–H and O–H groups in total. The molecule has 0 fully saturated rings. The van der Waals surface area contributed by atoms with Gasteiger partial charge in [0, 0.05) is 17.8 Å². The summed E-state index contributed by atoms with van der Waals surface area (Å²) in [5.41, 5.74) is 8.93. The zero-order valence-corrected chi connectivity index (χ0v) is 12.4. The number of hydrogen-bond donors (Lipinski definition) is 2. The first-order valence-electron chi connectivity index (χ1n) is 6.65. The van der Waals surface area contributed by atoms with Crippen LogP contribution in [0.5, 0.6) is 0 Å². The van der Waals surface area contributed by atoms with E-state index in [2.05, 4.69) is 31.3 Å². The van der Waals surface area contributed by atoms with Crippen molar-refractivity contribution in [3.63, 3.8) is 0 Å². The molecule has 0 aliphatic carbocycles. The standard InChI is InChI=1S/C15H24N2S/c1-11(2)6-4-5-9-17-14-8-7-12(3)10-13(14)15(16)18/h7-8,10-11,17H,4-6,9H2,1-3H3,(H2,16,18). The van der Waals surface area contributed by atoms with Gasteiger partial charge in [0.1, 0.15) is 4.99 Å². The van der Waals surface area contributed by atoms with Crippen molar-refractivity contribution in [1.29, 1.82) is 0 Å². The van der Waals surface area contributed by atoms with Gasteiger partial charge in [-0.1, -0.05) is 50.5 Å². The van der Waals surface area contributed by atoms with E-state index in [1.165, 1.54) is 24.8 Å². The third-order valence-corrected chi connectivity index (χ3v) is 3.18. The Morgan fingerprint density at radius 3 is 2.67 bits per heavy atom. The highest BCUT2D eigenvalue weighted by atomic mass is 32.1. The fraction of sp³-hybridized carbons (Fsp3) is 0.533. The Labute approximate surface area is 116 Å². The number of aryl methyl sites for hydroxylation is 1. The maximum atomic E-state index is 5.75. The molecule has 0 bridgehead atoms. The second-order valence-electron chi connectivity index (χ2n) is 5.23. The first kappa shape index (κ1) is 15.0. The lowest BCUT2D eigenvalue weighted by atomic mass is 10.1. The topological polar surface area (TPSA) is 38.0 Å². The summed E-state index contributed by atoms with van der Waals surface area (Å²) in [5, 5.41) is 3.43. The molecule has 0 heterocycles. The molecule has 1 aromatic rings. The van der Waals surface area contributed by atoms with Crippen LogP contribution in [0.4, 0.5) is 5.69 Å². The monoisotopic (exact) mass is 264 g/mol. The third-order valence-electron chi connectivity index (χ3n) is 2.96. The van der Waals surface area contributed by atoms with Gasteiger partial charge in [0.05, 0.1) is 0 Å². The molecule has 1 aromatic carbocycles. The predicted octanol–water partition coefficient (Wildman–Crippen LogP) is 3.87. The molecule has 3 heteroatoms. The minimum atomic E-state index is 0.461. The summed E-state index contributed by atoms with van der Waals surface area (Å²) in [4.78, 5) is 0.461. The quantitative estimate of drug-likeness (QED) is 0.580. The second-order valence-corrected chi connectivity index (χ2v) is 5.67. The number of benzene rings is 1. The summed E-state index contributed by atoms with van der Waals surface area (Å²) in [6.45, 7) is 7.55. The number of nitrogens with two attached hydrogens (primary N) is 1. The van der Waals surface area contributed by atoms with E-state index in [-0.39, 0.29) is 0 Å². The van der Waals surface area contributed by atoms with E-state index in [0.29, 0.717) is 4.99 Å². The van der Waals surface area contributed by atoms with Gasteiger partial charge in [-0.25, -0.2) is 0 Å². The van der Waals surface area contributed by atoms with E-state index in [0.717, 1.165) is 23.7 Å². The molecular formula is C15H24N2S. The highest BCUT2D eigenvalue weighted by Crippen LogP contribution is 2.17. The van der Waals surface area contributed by atoms with Crippen molar-refractivity contribution in [2.75, 3.05) is 11.9 Å². The van der Waals surface area contributed by atoms with Crippen LogP contribution in [0.1, 0.15) is 44.2 Å². The molecule has 0 amide bonds. The molecule has 0 saturated heterocycles. The van der Waals surface area contributed by atoms with Gasteiger partial charge in [-0.05, 0) is 31.4 Å². The van der Waals surface area contributed by atoms with Crippen LogP contribution in [-0.2, 0) is 0 Å². The Bertz CT molecular complexity index is 399. The summed E-state index contributed by atoms with van der Waals surface area (Å²) < 4.78 is 0. The molecule has 0 radical (unpaired) electrons. The molecule has 2 nitrogen and oxygen atoms in total. The van der Waals surface area contributed by atoms with Gasteiger partial charge in [-0.3, -0.25) is 0 Å². The Hall–Kier alpha value is -1.09. The summed E-state index contributed by atoms with van der Waals surface area (Å²) in [6.07, 6.45) is 3.74. The number of unbranched alkanes of at least 4 members (excludes halogenated alkanes) is 1. The van der Waals surface area contributed by atoms with Gasteiger partial charge >= 0.3 is 0 Å². The lowest BCUT2D eigenvalue weighted by Gasteiger charge is -2.12. The zero-order chi connectivity index (χ0) is 13.5. The number of anilines is 1. The van der Waals surface area contributed by atoms with Gasteiger partial charge in [-0.15, -0.1) is 0 Å². The number of nitrogens with one attached hydrogen (secondary N) is 1. The van der Waals surface area contributed by atoms with Crippen LogP contribution in [0, 0.1) is 12.8 Å². The molecule has 0 atom stereocenters. The molecule has 1 rings (SSSR count). The number of thiocarbonyl (C=S) groups is 1. The van der Waals surface area contributed by atoms with Gasteiger partial charge < -0.3 is 11.1 Å². The summed E-state index contributed by atoms with van der Waals surface area (Å²) in [7, 11) is 0. The first-order valence-corrected chi connectivity index (χ1v) is 7.06. The summed E-state index contributed by atoms with van der Waals surface area (Å²) >= 11 is 5.08. The van der Waals surface area contributed by atoms with Crippen molar-refractivity contribution in [2.24, 2.45) is 11.7 Å². The van der Waals surface area contributed by atoms with Crippen molar-refractivity contribution in [3.8, 4) is 0 Å². The molecule has 0 unspecified atom stereocenters. The van der Waals surface area contributed by atoms with E-state index in [4.69, 9.17) is 18.0 Å². The first-order chi connectivity index (χ1) is 8.50. The highest BCUT2D eigenvalue weighted by Gasteiger charge is 2.04. The van der Waals surface area contributed by atoms with E-state index in [9.17, 15) is 0 Å². The van der Waals surface area contributed by atoms with Crippen LogP contribution < -0.4 is 11.1 Å². The number of rotatable bonds is 7. The van der Waals surface area contributed by atoms with E-state index < -0.39 is 0 Å². The van der Waals surface area contributed by atoms with Crippen LogP contribution in [0.2, 0.25) is 0 Å². The normalized spacial score (nSPS) is 10.7. The van der Waals surface area contributed by atoms with Crippen LogP contribution in [0.15, 0.2) is 18.2 Å². The smallest absolute Gasteiger partial charge is 0.106 e. The Balaban J connectivity index is 2.49. The van der Waals surface area contributed by atoms with Gasteiger partial charge in [0.15, 0.2) is 0 Å². The van der Waals surface area contributed by atoms with Crippen molar-refractivity contribution >= 4 is 22.9 Å².